The van der Waals surface area contributed by atoms with Gasteiger partial charge < -0.3 is 9.47 Å². The molecule has 1 fully saturated rings. The molecule has 3 aromatic rings. The second kappa shape index (κ2) is 8.89. The molecule has 0 N–H and O–H groups in total. The number of ether oxygens (including phenoxy) is 2. The first-order chi connectivity index (χ1) is 14.5. The number of fused-ring (bicyclic) bond motifs is 1. The molecule has 0 bridgehead atoms. The molecule has 160 valence electrons. The fraction of sp³-hybridized carbons (Fsp3) is 0.450. The largest absolute Gasteiger partial charge is 0.479 e. The van der Waals surface area contributed by atoms with E-state index in [1.165, 1.54) is 18.4 Å². The van der Waals surface area contributed by atoms with Crippen molar-refractivity contribution in [2.75, 3.05) is 51.4 Å². The lowest BCUT2D eigenvalue weighted by Crippen LogP contribution is -2.43. The van der Waals surface area contributed by atoms with Gasteiger partial charge in [-0.1, -0.05) is 29.0 Å². The van der Waals surface area contributed by atoms with Gasteiger partial charge >= 0.3 is 0 Å². The maximum atomic E-state index is 13.5. The van der Waals surface area contributed by atoms with Crippen molar-refractivity contribution in [1.29, 1.82) is 0 Å². The van der Waals surface area contributed by atoms with Crippen LogP contribution in [0.4, 0.5) is 5.13 Å². The Morgan fingerprint density at radius 3 is 2.83 bits per heavy atom. The second-order valence-corrected chi connectivity index (χ2v) is 8.56. The van der Waals surface area contributed by atoms with Crippen molar-refractivity contribution >= 4 is 44.2 Å². The van der Waals surface area contributed by atoms with Gasteiger partial charge in [0.05, 0.1) is 35.6 Å². The van der Waals surface area contributed by atoms with E-state index in [9.17, 15) is 4.79 Å². The second-order valence-electron chi connectivity index (χ2n) is 7.17. The highest BCUT2D eigenvalue weighted by atomic mass is 35.5. The summed E-state index contributed by atoms with van der Waals surface area (Å²) in [5, 5.41) is 5.48. The van der Waals surface area contributed by atoms with Crippen molar-refractivity contribution in [1.82, 2.24) is 19.7 Å². The standard InChI is InChI=1S/C20H24ClN5O3S/c1-13-4-5-15(21)17-16(13)22-20(30-17)26(7-6-25-8-10-29-11-9-25)19(27)14-12-24(2)23-18(14)28-3/h4-5,12H,6-11H2,1-3H3. The van der Waals surface area contributed by atoms with Crippen LogP contribution in [0.2, 0.25) is 5.02 Å². The summed E-state index contributed by atoms with van der Waals surface area (Å²) in [6, 6.07) is 3.81. The average Bonchev–Trinajstić information content (AvgIpc) is 3.36. The summed E-state index contributed by atoms with van der Waals surface area (Å²) in [7, 11) is 3.27. The zero-order valence-corrected chi connectivity index (χ0v) is 18.8. The summed E-state index contributed by atoms with van der Waals surface area (Å²) in [5.41, 5.74) is 2.25. The number of morpholine rings is 1. The SMILES string of the molecule is COc1nn(C)cc1C(=O)N(CCN1CCOCC1)c1nc2c(C)ccc(Cl)c2s1. The smallest absolute Gasteiger partial charge is 0.267 e. The highest BCUT2D eigenvalue weighted by molar-refractivity contribution is 7.23. The van der Waals surface area contributed by atoms with Gasteiger partial charge in [0.2, 0.25) is 5.88 Å². The topological polar surface area (TPSA) is 72.7 Å². The number of aromatic nitrogens is 3. The molecule has 0 spiro atoms. The minimum atomic E-state index is -0.193. The molecule has 0 unspecified atom stereocenters. The van der Waals surface area contributed by atoms with Crippen molar-refractivity contribution in [3.05, 3.63) is 34.5 Å². The molecular formula is C20H24ClN5O3S. The Bertz CT molecular complexity index is 1020. The highest BCUT2D eigenvalue weighted by Gasteiger charge is 2.27. The molecule has 30 heavy (non-hydrogen) atoms. The predicted molar refractivity (Wildman–Crippen MR) is 118 cm³/mol. The van der Waals surface area contributed by atoms with E-state index in [0.717, 1.165) is 35.4 Å². The van der Waals surface area contributed by atoms with Crippen molar-refractivity contribution in [3.8, 4) is 5.88 Å². The molecule has 1 saturated heterocycles. The molecule has 4 rings (SSSR count). The van der Waals surface area contributed by atoms with E-state index in [1.54, 1.807) is 22.8 Å². The minimum absolute atomic E-state index is 0.193. The summed E-state index contributed by atoms with van der Waals surface area (Å²) >= 11 is 7.83. The number of carbonyl (C=O) groups is 1. The van der Waals surface area contributed by atoms with Gasteiger partial charge in [-0.05, 0) is 18.6 Å². The highest BCUT2D eigenvalue weighted by Crippen LogP contribution is 2.36. The number of hydrogen-bond donors (Lipinski definition) is 0. The molecule has 0 saturated carbocycles. The van der Waals surface area contributed by atoms with E-state index in [0.29, 0.717) is 41.4 Å². The van der Waals surface area contributed by atoms with E-state index in [4.69, 9.17) is 26.1 Å². The van der Waals surface area contributed by atoms with Crippen LogP contribution in [-0.2, 0) is 11.8 Å². The molecule has 1 aliphatic heterocycles. The molecule has 0 atom stereocenters. The average molecular weight is 450 g/mol. The first-order valence-corrected chi connectivity index (χ1v) is 10.9. The number of aryl methyl sites for hydroxylation is 2. The number of thiazole rings is 1. The lowest BCUT2D eigenvalue weighted by molar-refractivity contribution is 0.0391. The Morgan fingerprint density at radius 1 is 1.37 bits per heavy atom. The van der Waals surface area contributed by atoms with Gasteiger partial charge in [-0.25, -0.2) is 4.98 Å². The number of hydrogen-bond acceptors (Lipinski definition) is 7. The molecular weight excluding hydrogens is 426 g/mol. The van der Waals surface area contributed by atoms with Gasteiger partial charge in [-0.15, -0.1) is 5.10 Å². The number of anilines is 1. The first-order valence-electron chi connectivity index (χ1n) is 9.73. The van der Waals surface area contributed by atoms with Crippen molar-refractivity contribution in [2.45, 2.75) is 6.92 Å². The summed E-state index contributed by atoms with van der Waals surface area (Å²) in [4.78, 5) is 22.3. The van der Waals surface area contributed by atoms with Crippen LogP contribution in [0, 0.1) is 6.92 Å². The molecule has 1 amide bonds. The Kier molecular flexibility index (Phi) is 6.24. The zero-order chi connectivity index (χ0) is 21.3. The van der Waals surface area contributed by atoms with Crippen LogP contribution in [0.1, 0.15) is 15.9 Å². The predicted octanol–water partition coefficient (Wildman–Crippen LogP) is 2.98. The van der Waals surface area contributed by atoms with Crippen molar-refractivity contribution < 1.29 is 14.3 Å². The number of benzene rings is 1. The minimum Gasteiger partial charge on any atom is -0.479 e. The Morgan fingerprint density at radius 2 is 2.13 bits per heavy atom. The van der Waals surface area contributed by atoms with E-state index in [1.807, 2.05) is 19.1 Å². The fourth-order valence-corrected chi connectivity index (χ4v) is 4.81. The Labute approximate surface area is 183 Å². The van der Waals surface area contributed by atoms with Crippen LogP contribution in [0.25, 0.3) is 10.2 Å². The van der Waals surface area contributed by atoms with Crippen LogP contribution in [0.15, 0.2) is 18.3 Å². The third-order valence-electron chi connectivity index (χ3n) is 5.12. The van der Waals surface area contributed by atoms with E-state index in [-0.39, 0.29) is 5.91 Å². The first kappa shape index (κ1) is 21.0. The summed E-state index contributed by atoms with van der Waals surface area (Å²) < 4.78 is 13.2. The number of halogens is 1. The maximum absolute atomic E-state index is 13.5. The van der Waals surface area contributed by atoms with Gasteiger partial charge in [-0.2, -0.15) is 0 Å². The van der Waals surface area contributed by atoms with Gasteiger partial charge in [0.15, 0.2) is 5.13 Å². The third-order valence-corrected chi connectivity index (χ3v) is 6.66. The van der Waals surface area contributed by atoms with Crippen LogP contribution >= 0.6 is 22.9 Å². The summed E-state index contributed by atoms with van der Waals surface area (Å²) in [6.07, 6.45) is 1.68. The lowest BCUT2D eigenvalue weighted by Gasteiger charge is -2.29. The van der Waals surface area contributed by atoms with E-state index >= 15 is 0 Å². The van der Waals surface area contributed by atoms with Gasteiger partial charge in [0.1, 0.15) is 5.56 Å². The van der Waals surface area contributed by atoms with Gasteiger partial charge in [0.25, 0.3) is 5.91 Å². The normalized spacial score (nSPS) is 14.9. The number of amides is 1. The number of rotatable bonds is 6. The third kappa shape index (κ3) is 4.15. The number of methoxy groups -OCH3 is 1. The monoisotopic (exact) mass is 449 g/mol. The molecule has 1 aliphatic rings. The van der Waals surface area contributed by atoms with Crippen molar-refractivity contribution in [3.63, 3.8) is 0 Å². The van der Waals surface area contributed by atoms with E-state index in [2.05, 4.69) is 10.00 Å². The number of nitrogens with zero attached hydrogens (tertiary/aromatic N) is 5. The molecule has 10 heteroatoms. The maximum Gasteiger partial charge on any atom is 0.267 e. The zero-order valence-electron chi connectivity index (χ0n) is 17.2. The number of carbonyl (C=O) groups excluding carboxylic acids is 1. The lowest BCUT2D eigenvalue weighted by atomic mass is 10.2. The van der Waals surface area contributed by atoms with Crippen LogP contribution in [0.5, 0.6) is 5.88 Å². The molecule has 0 aliphatic carbocycles. The molecule has 2 aromatic heterocycles. The Hall–Kier alpha value is -2.20. The van der Waals surface area contributed by atoms with Crippen molar-refractivity contribution in [2.24, 2.45) is 7.05 Å². The fourth-order valence-electron chi connectivity index (χ4n) is 3.47. The summed E-state index contributed by atoms with van der Waals surface area (Å²) in [6.45, 7) is 6.33. The van der Waals surface area contributed by atoms with Crippen LogP contribution in [-0.4, -0.2) is 72.1 Å². The molecule has 8 nitrogen and oxygen atoms in total. The molecule has 1 aromatic carbocycles. The quantitative estimate of drug-likeness (QED) is 0.576. The Balaban J connectivity index is 1.70. The van der Waals surface area contributed by atoms with Gasteiger partial charge in [-0.3, -0.25) is 19.3 Å². The van der Waals surface area contributed by atoms with E-state index < -0.39 is 0 Å². The van der Waals surface area contributed by atoms with Crippen LogP contribution in [0.3, 0.4) is 0 Å². The van der Waals surface area contributed by atoms with Crippen LogP contribution < -0.4 is 9.64 Å². The summed E-state index contributed by atoms with van der Waals surface area (Å²) in [5.74, 6) is 0.107. The molecule has 0 radical (unpaired) electrons. The van der Waals surface area contributed by atoms with Gasteiger partial charge in [0, 0.05) is 39.4 Å². The molecule has 3 heterocycles.